The highest BCUT2D eigenvalue weighted by atomic mass is 16.2. The number of nitrogens with one attached hydrogen (secondary N) is 1. The second kappa shape index (κ2) is 4.94. The van der Waals surface area contributed by atoms with E-state index in [-0.39, 0.29) is 5.91 Å². The highest BCUT2D eigenvalue weighted by Crippen LogP contribution is 2.37. The molecule has 2 atom stereocenters. The Labute approximate surface area is 113 Å². The molecule has 0 spiro atoms. The fourth-order valence-corrected chi connectivity index (χ4v) is 2.99. The number of rotatable bonds is 3. The van der Waals surface area contributed by atoms with Crippen LogP contribution in [0.2, 0.25) is 0 Å². The molecule has 2 saturated carbocycles. The minimum absolute atomic E-state index is 0.0396. The Kier molecular flexibility index (Phi) is 3.29. The van der Waals surface area contributed by atoms with Gasteiger partial charge in [-0.05, 0) is 31.6 Å². The van der Waals surface area contributed by atoms with Gasteiger partial charge in [0, 0.05) is 19.0 Å². The Morgan fingerprint density at radius 3 is 2.79 bits per heavy atom. The van der Waals surface area contributed by atoms with Crippen LogP contribution in [0.1, 0.15) is 67.8 Å². The summed E-state index contributed by atoms with van der Waals surface area (Å²) >= 11 is 0. The zero-order valence-corrected chi connectivity index (χ0v) is 11.7. The number of carbonyl (C=O) groups is 1. The standard InChI is InChI=1S/C14H22N4O/c1-9-4-3-5-11(8-9)18(2)14(19)13-15-12(16-17-13)10-6-7-10/h9-11H,3-8H2,1-2H3,(H,15,16,17). The normalized spacial score (nSPS) is 27.3. The molecule has 0 saturated heterocycles. The van der Waals surface area contributed by atoms with Gasteiger partial charge in [0.1, 0.15) is 5.82 Å². The van der Waals surface area contributed by atoms with E-state index in [9.17, 15) is 4.79 Å². The van der Waals surface area contributed by atoms with Crippen molar-refractivity contribution in [3.63, 3.8) is 0 Å². The third-order valence-corrected chi connectivity index (χ3v) is 4.43. The summed E-state index contributed by atoms with van der Waals surface area (Å²) in [6, 6.07) is 0.346. The third-order valence-electron chi connectivity index (χ3n) is 4.43. The van der Waals surface area contributed by atoms with Gasteiger partial charge in [-0.25, -0.2) is 4.98 Å². The SMILES string of the molecule is CC1CCCC(N(C)C(=O)c2n[nH]c(C3CC3)n2)C1. The van der Waals surface area contributed by atoms with Crippen LogP contribution >= 0.6 is 0 Å². The third kappa shape index (κ3) is 2.65. The van der Waals surface area contributed by atoms with E-state index in [1.807, 2.05) is 11.9 Å². The molecule has 1 aromatic heterocycles. The predicted molar refractivity (Wildman–Crippen MR) is 71.9 cm³/mol. The zero-order valence-electron chi connectivity index (χ0n) is 11.7. The summed E-state index contributed by atoms with van der Waals surface area (Å²) in [5.74, 6) is 2.40. The van der Waals surface area contributed by atoms with Crippen LogP contribution in [-0.4, -0.2) is 39.1 Å². The van der Waals surface area contributed by atoms with Crippen molar-refractivity contribution in [3.8, 4) is 0 Å². The average molecular weight is 262 g/mol. The number of hydrogen-bond donors (Lipinski definition) is 1. The number of aromatic amines is 1. The molecule has 1 amide bonds. The van der Waals surface area contributed by atoms with Gasteiger partial charge in [-0.15, -0.1) is 5.10 Å². The number of H-pyrrole nitrogens is 1. The summed E-state index contributed by atoms with van der Waals surface area (Å²) in [6.07, 6.45) is 7.03. The van der Waals surface area contributed by atoms with Crippen LogP contribution < -0.4 is 0 Å². The van der Waals surface area contributed by atoms with Gasteiger partial charge in [-0.2, -0.15) is 0 Å². The Balaban J connectivity index is 1.67. The molecule has 2 aliphatic rings. The predicted octanol–water partition coefficient (Wildman–Crippen LogP) is 2.33. The quantitative estimate of drug-likeness (QED) is 0.909. The molecule has 0 aliphatic heterocycles. The van der Waals surface area contributed by atoms with Crippen molar-refractivity contribution in [1.29, 1.82) is 0 Å². The van der Waals surface area contributed by atoms with Crippen molar-refractivity contribution in [3.05, 3.63) is 11.6 Å². The largest absolute Gasteiger partial charge is 0.336 e. The summed E-state index contributed by atoms with van der Waals surface area (Å²) in [4.78, 5) is 18.6. The summed E-state index contributed by atoms with van der Waals surface area (Å²) in [7, 11) is 1.89. The first-order valence-electron chi connectivity index (χ1n) is 7.34. The minimum Gasteiger partial charge on any atom is -0.336 e. The Hall–Kier alpha value is -1.39. The van der Waals surface area contributed by atoms with E-state index >= 15 is 0 Å². The van der Waals surface area contributed by atoms with Crippen LogP contribution in [0.25, 0.3) is 0 Å². The van der Waals surface area contributed by atoms with Gasteiger partial charge in [0.05, 0.1) is 0 Å². The fraction of sp³-hybridized carbons (Fsp3) is 0.786. The van der Waals surface area contributed by atoms with Gasteiger partial charge in [0.15, 0.2) is 0 Å². The summed E-state index contributed by atoms with van der Waals surface area (Å²) < 4.78 is 0. The minimum atomic E-state index is -0.0396. The molecule has 2 fully saturated rings. The van der Waals surface area contributed by atoms with E-state index in [4.69, 9.17) is 0 Å². The summed E-state index contributed by atoms with van der Waals surface area (Å²) in [6.45, 7) is 2.27. The van der Waals surface area contributed by atoms with E-state index in [2.05, 4.69) is 22.1 Å². The molecule has 0 radical (unpaired) electrons. The number of carbonyl (C=O) groups excluding carboxylic acids is 1. The molecule has 19 heavy (non-hydrogen) atoms. The van der Waals surface area contributed by atoms with Crippen molar-refractivity contribution < 1.29 is 4.79 Å². The van der Waals surface area contributed by atoms with Crippen molar-refractivity contribution in [1.82, 2.24) is 20.1 Å². The molecular formula is C14H22N4O. The zero-order chi connectivity index (χ0) is 13.4. The molecule has 2 aliphatic carbocycles. The second-order valence-corrected chi connectivity index (χ2v) is 6.16. The average Bonchev–Trinajstić information content (AvgIpc) is 3.15. The van der Waals surface area contributed by atoms with Crippen molar-refractivity contribution in [2.45, 2.75) is 57.4 Å². The molecule has 1 aromatic rings. The first kappa shape index (κ1) is 12.6. The number of amides is 1. The molecule has 0 bridgehead atoms. The van der Waals surface area contributed by atoms with Crippen molar-refractivity contribution in [2.24, 2.45) is 5.92 Å². The maximum atomic E-state index is 12.4. The van der Waals surface area contributed by atoms with Crippen LogP contribution in [0.4, 0.5) is 0 Å². The van der Waals surface area contributed by atoms with Crippen LogP contribution in [0.5, 0.6) is 0 Å². The lowest BCUT2D eigenvalue weighted by molar-refractivity contribution is 0.0660. The molecule has 3 rings (SSSR count). The molecule has 5 nitrogen and oxygen atoms in total. The molecular weight excluding hydrogens is 240 g/mol. The van der Waals surface area contributed by atoms with Crippen LogP contribution in [-0.2, 0) is 0 Å². The maximum Gasteiger partial charge on any atom is 0.293 e. The molecule has 2 unspecified atom stereocenters. The number of hydrogen-bond acceptors (Lipinski definition) is 3. The highest BCUT2D eigenvalue weighted by molar-refractivity contribution is 5.90. The van der Waals surface area contributed by atoms with Crippen LogP contribution in [0.15, 0.2) is 0 Å². The fourth-order valence-electron chi connectivity index (χ4n) is 2.99. The van der Waals surface area contributed by atoms with E-state index in [1.54, 1.807) is 0 Å². The second-order valence-electron chi connectivity index (χ2n) is 6.16. The van der Waals surface area contributed by atoms with E-state index < -0.39 is 0 Å². The van der Waals surface area contributed by atoms with Gasteiger partial charge in [-0.3, -0.25) is 9.89 Å². The van der Waals surface area contributed by atoms with Crippen LogP contribution in [0, 0.1) is 5.92 Å². The van der Waals surface area contributed by atoms with Gasteiger partial charge >= 0.3 is 0 Å². The lowest BCUT2D eigenvalue weighted by Gasteiger charge is -2.33. The molecule has 1 N–H and O–H groups in total. The molecule has 104 valence electrons. The van der Waals surface area contributed by atoms with Gasteiger partial charge < -0.3 is 4.90 Å². The van der Waals surface area contributed by atoms with Crippen molar-refractivity contribution in [2.75, 3.05) is 7.05 Å². The molecule has 0 aromatic carbocycles. The topological polar surface area (TPSA) is 61.9 Å². The first-order chi connectivity index (χ1) is 9.15. The number of aromatic nitrogens is 3. The van der Waals surface area contributed by atoms with E-state index in [0.717, 1.165) is 18.7 Å². The highest BCUT2D eigenvalue weighted by Gasteiger charge is 2.31. The molecule has 1 heterocycles. The Morgan fingerprint density at radius 1 is 1.32 bits per heavy atom. The lowest BCUT2D eigenvalue weighted by atomic mass is 9.86. The smallest absolute Gasteiger partial charge is 0.293 e. The lowest BCUT2D eigenvalue weighted by Crippen LogP contribution is -2.40. The Morgan fingerprint density at radius 2 is 2.11 bits per heavy atom. The van der Waals surface area contributed by atoms with Gasteiger partial charge in [-0.1, -0.05) is 19.8 Å². The monoisotopic (exact) mass is 262 g/mol. The summed E-state index contributed by atoms with van der Waals surface area (Å²) in [5.41, 5.74) is 0. The van der Waals surface area contributed by atoms with Crippen molar-refractivity contribution >= 4 is 5.91 Å². The van der Waals surface area contributed by atoms with E-state index in [1.165, 1.54) is 25.7 Å². The van der Waals surface area contributed by atoms with Gasteiger partial charge in [0.25, 0.3) is 5.91 Å². The maximum absolute atomic E-state index is 12.4. The van der Waals surface area contributed by atoms with Crippen LogP contribution in [0.3, 0.4) is 0 Å². The van der Waals surface area contributed by atoms with Gasteiger partial charge in [0.2, 0.25) is 5.82 Å². The summed E-state index contributed by atoms with van der Waals surface area (Å²) in [5, 5.41) is 6.99. The Bertz CT molecular complexity index is 466. The van der Waals surface area contributed by atoms with E-state index in [0.29, 0.717) is 23.7 Å². The number of nitrogens with zero attached hydrogens (tertiary/aromatic N) is 3. The molecule has 5 heteroatoms. The first-order valence-corrected chi connectivity index (χ1v) is 7.34.